The van der Waals surface area contributed by atoms with Crippen molar-refractivity contribution in [3.8, 4) is 0 Å². The Hall–Kier alpha value is -2.00. The standard InChI is InChI=1S/C16H18BrN7S/c1-10-7-11-14(20-9-21-15(11)25-10)23-3-5-24(6-4-23)16-19-8-12(17)13(18-2)22-16/h7-9H,3-6H2,1-2H3,(H,18,19,22). The van der Waals surface area contributed by atoms with E-state index in [9.17, 15) is 0 Å². The lowest BCUT2D eigenvalue weighted by atomic mass is 10.2. The number of hydrogen-bond acceptors (Lipinski definition) is 8. The summed E-state index contributed by atoms with van der Waals surface area (Å²) < 4.78 is 0.869. The van der Waals surface area contributed by atoms with Crippen LogP contribution in [-0.4, -0.2) is 53.2 Å². The molecule has 1 fully saturated rings. The SMILES string of the molecule is CNc1nc(N2CCN(c3ncnc4sc(C)cc34)CC2)ncc1Br. The van der Waals surface area contributed by atoms with E-state index in [2.05, 4.69) is 64.0 Å². The zero-order chi connectivity index (χ0) is 17.4. The van der Waals surface area contributed by atoms with Crippen LogP contribution in [0.2, 0.25) is 0 Å². The van der Waals surface area contributed by atoms with E-state index in [0.29, 0.717) is 0 Å². The molecule has 0 radical (unpaired) electrons. The molecule has 0 spiro atoms. The van der Waals surface area contributed by atoms with Crippen LogP contribution in [0.25, 0.3) is 10.2 Å². The maximum Gasteiger partial charge on any atom is 0.227 e. The molecule has 0 atom stereocenters. The van der Waals surface area contributed by atoms with Crippen molar-refractivity contribution in [1.82, 2.24) is 19.9 Å². The van der Waals surface area contributed by atoms with Crippen molar-refractivity contribution in [3.05, 3.63) is 27.9 Å². The van der Waals surface area contributed by atoms with E-state index in [0.717, 1.165) is 58.5 Å². The first-order valence-corrected chi connectivity index (χ1v) is 9.68. The number of rotatable bonds is 3. The zero-order valence-corrected chi connectivity index (χ0v) is 16.4. The summed E-state index contributed by atoms with van der Waals surface area (Å²) in [7, 11) is 1.86. The Morgan fingerprint density at radius 2 is 1.88 bits per heavy atom. The molecule has 0 saturated carbocycles. The van der Waals surface area contributed by atoms with Crippen molar-refractivity contribution in [3.63, 3.8) is 0 Å². The molecular formula is C16H18BrN7S. The van der Waals surface area contributed by atoms with E-state index < -0.39 is 0 Å². The quantitative estimate of drug-likeness (QED) is 0.699. The van der Waals surface area contributed by atoms with Crippen molar-refractivity contribution in [2.75, 3.05) is 48.3 Å². The first kappa shape index (κ1) is 16.5. The van der Waals surface area contributed by atoms with Gasteiger partial charge in [-0.3, -0.25) is 0 Å². The van der Waals surface area contributed by atoms with Gasteiger partial charge < -0.3 is 15.1 Å². The van der Waals surface area contributed by atoms with E-state index in [-0.39, 0.29) is 0 Å². The summed E-state index contributed by atoms with van der Waals surface area (Å²) in [5, 5.41) is 4.23. The number of thiophene rings is 1. The zero-order valence-electron chi connectivity index (χ0n) is 14.0. The van der Waals surface area contributed by atoms with Crippen molar-refractivity contribution >= 4 is 55.1 Å². The fourth-order valence-electron chi connectivity index (χ4n) is 3.02. The van der Waals surface area contributed by atoms with E-state index in [1.165, 1.54) is 4.88 Å². The van der Waals surface area contributed by atoms with Crippen molar-refractivity contribution in [2.24, 2.45) is 0 Å². The summed E-state index contributed by atoms with van der Waals surface area (Å²) in [5.74, 6) is 2.59. The molecule has 3 aromatic heterocycles. The van der Waals surface area contributed by atoms with Gasteiger partial charge in [-0.25, -0.2) is 15.0 Å². The Bertz CT molecular complexity index is 905. The van der Waals surface area contributed by atoms with Gasteiger partial charge in [0.2, 0.25) is 5.95 Å². The van der Waals surface area contributed by atoms with Crippen LogP contribution in [-0.2, 0) is 0 Å². The molecule has 1 aliphatic heterocycles. The van der Waals surface area contributed by atoms with Crippen LogP contribution in [0.5, 0.6) is 0 Å². The van der Waals surface area contributed by atoms with Gasteiger partial charge >= 0.3 is 0 Å². The molecule has 130 valence electrons. The highest BCUT2D eigenvalue weighted by Gasteiger charge is 2.22. The van der Waals surface area contributed by atoms with Crippen molar-refractivity contribution in [1.29, 1.82) is 0 Å². The summed E-state index contributed by atoms with van der Waals surface area (Å²) in [5.41, 5.74) is 0. The third-order valence-electron chi connectivity index (χ3n) is 4.26. The van der Waals surface area contributed by atoms with Crippen LogP contribution in [0.1, 0.15) is 4.88 Å². The second-order valence-electron chi connectivity index (χ2n) is 5.86. The predicted octanol–water partition coefficient (Wildman–Crippen LogP) is 2.92. The second-order valence-corrected chi connectivity index (χ2v) is 7.95. The molecule has 0 unspecified atom stereocenters. The number of anilines is 3. The summed E-state index contributed by atoms with van der Waals surface area (Å²) in [6.45, 7) is 5.60. The number of aryl methyl sites for hydroxylation is 1. The summed E-state index contributed by atoms with van der Waals surface area (Å²) in [6.07, 6.45) is 3.46. The third-order valence-corrected chi connectivity index (χ3v) is 5.80. The molecule has 7 nitrogen and oxygen atoms in total. The number of aromatic nitrogens is 4. The van der Waals surface area contributed by atoms with Gasteiger partial charge in [0.05, 0.1) is 9.86 Å². The number of halogens is 1. The first-order chi connectivity index (χ1) is 12.2. The van der Waals surface area contributed by atoms with Gasteiger partial charge in [0, 0.05) is 44.3 Å². The minimum absolute atomic E-state index is 0.756. The van der Waals surface area contributed by atoms with Crippen LogP contribution in [0.15, 0.2) is 23.1 Å². The normalized spacial score (nSPS) is 15.0. The minimum Gasteiger partial charge on any atom is -0.372 e. The lowest BCUT2D eigenvalue weighted by molar-refractivity contribution is 0.636. The summed E-state index contributed by atoms with van der Waals surface area (Å²) in [6, 6.07) is 2.18. The predicted molar refractivity (Wildman–Crippen MR) is 106 cm³/mol. The fraction of sp³-hybridized carbons (Fsp3) is 0.375. The lowest BCUT2D eigenvalue weighted by Crippen LogP contribution is -2.47. The molecule has 1 aliphatic rings. The van der Waals surface area contributed by atoms with Crippen LogP contribution in [0.4, 0.5) is 17.6 Å². The Morgan fingerprint density at radius 3 is 2.64 bits per heavy atom. The Morgan fingerprint density at radius 1 is 1.12 bits per heavy atom. The topological polar surface area (TPSA) is 70.1 Å². The molecule has 3 aromatic rings. The van der Waals surface area contributed by atoms with Gasteiger partial charge in [-0.05, 0) is 28.9 Å². The number of hydrogen-bond donors (Lipinski definition) is 1. The molecule has 4 heterocycles. The fourth-order valence-corrected chi connectivity index (χ4v) is 4.25. The molecule has 1 N–H and O–H groups in total. The molecule has 9 heteroatoms. The molecule has 0 amide bonds. The maximum atomic E-state index is 4.58. The van der Waals surface area contributed by atoms with Crippen LogP contribution < -0.4 is 15.1 Å². The lowest BCUT2D eigenvalue weighted by Gasteiger charge is -2.35. The number of nitrogens with zero attached hydrogens (tertiary/aromatic N) is 6. The van der Waals surface area contributed by atoms with Gasteiger partial charge in [0.25, 0.3) is 0 Å². The van der Waals surface area contributed by atoms with Crippen molar-refractivity contribution < 1.29 is 0 Å². The third kappa shape index (κ3) is 3.13. The molecular weight excluding hydrogens is 402 g/mol. The number of piperazine rings is 1. The van der Waals surface area contributed by atoms with E-state index in [1.807, 2.05) is 7.05 Å². The molecule has 0 aliphatic carbocycles. The van der Waals surface area contributed by atoms with Crippen molar-refractivity contribution in [2.45, 2.75) is 6.92 Å². The van der Waals surface area contributed by atoms with Crippen LogP contribution >= 0.6 is 27.3 Å². The molecule has 0 bridgehead atoms. The number of fused-ring (bicyclic) bond motifs is 1. The van der Waals surface area contributed by atoms with Gasteiger partial charge in [-0.2, -0.15) is 4.98 Å². The monoisotopic (exact) mass is 419 g/mol. The first-order valence-electron chi connectivity index (χ1n) is 8.07. The average molecular weight is 420 g/mol. The summed E-state index contributed by atoms with van der Waals surface area (Å²) in [4.78, 5) is 24.8. The molecule has 4 rings (SSSR count). The highest BCUT2D eigenvalue weighted by molar-refractivity contribution is 9.10. The summed E-state index contributed by atoms with van der Waals surface area (Å²) >= 11 is 5.17. The smallest absolute Gasteiger partial charge is 0.227 e. The highest BCUT2D eigenvalue weighted by atomic mass is 79.9. The molecule has 0 aromatic carbocycles. The van der Waals surface area contributed by atoms with Crippen LogP contribution in [0.3, 0.4) is 0 Å². The Balaban J connectivity index is 1.53. The molecule has 1 saturated heterocycles. The Kier molecular flexibility index (Phi) is 4.43. The number of nitrogens with one attached hydrogen (secondary N) is 1. The van der Waals surface area contributed by atoms with Gasteiger partial charge in [0.1, 0.15) is 22.8 Å². The highest BCUT2D eigenvalue weighted by Crippen LogP contribution is 2.30. The van der Waals surface area contributed by atoms with Gasteiger partial charge in [-0.15, -0.1) is 11.3 Å². The average Bonchev–Trinajstić information content (AvgIpc) is 3.02. The minimum atomic E-state index is 0.756. The largest absolute Gasteiger partial charge is 0.372 e. The van der Waals surface area contributed by atoms with E-state index in [4.69, 9.17) is 0 Å². The van der Waals surface area contributed by atoms with Gasteiger partial charge in [-0.1, -0.05) is 0 Å². The van der Waals surface area contributed by atoms with E-state index in [1.54, 1.807) is 23.9 Å². The second kappa shape index (κ2) is 6.72. The molecule has 25 heavy (non-hydrogen) atoms. The Labute approximate surface area is 158 Å². The maximum absolute atomic E-state index is 4.58. The van der Waals surface area contributed by atoms with Crippen LogP contribution in [0, 0.1) is 6.92 Å². The van der Waals surface area contributed by atoms with E-state index >= 15 is 0 Å². The van der Waals surface area contributed by atoms with Gasteiger partial charge in [0.15, 0.2) is 0 Å².